The molecule has 0 saturated carbocycles. The van der Waals surface area contributed by atoms with Crippen LogP contribution in [0.25, 0.3) is 0 Å². The Bertz CT molecular complexity index is 941. The fourth-order valence-electron chi connectivity index (χ4n) is 3.10. The number of hydrogen-bond acceptors (Lipinski definition) is 4. The van der Waals surface area contributed by atoms with Crippen LogP contribution >= 0.6 is 0 Å². The predicted octanol–water partition coefficient (Wildman–Crippen LogP) is 3.87. The Labute approximate surface area is 144 Å². The van der Waals surface area contributed by atoms with Gasteiger partial charge in [0.15, 0.2) is 11.5 Å². The molecule has 5 heteroatoms. The number of carbonyl (C=O) groups is 1. The fraction of sp³-hybridized carbons (Fsp3) is 0.0500. The standard InChI is InChI=1S/C20H16N2O3/c23-17-12-6-10-15(18(17)24)19-21-16-11-5-4-9-14(16)20(25)22(19)13-7-2-1-3-8-13/h1-12,19,21,23-24H/t19-/m0/s1. The van der Waals surface area contributed by atoms with Gasteiger partial charge < -0.3 is 15.5 Å². The highest BCUT2D eigenvalue weighted by Gasteiger charge is 2.35. The number of phenols is 2. The predicted molar refractivity (Wildman–Crippen MR) is 95.8 cm³/mol. The Hall–Kier alpha value is -3.47. The van der Waals surface area contributed by atoms with Gasteiger partial charge in [0.2, 0.25) is 0 Å². The molecule has 124 valence electrons. The molecule has 0 aromatic heterocycles. The average Bonchev–Trinajstić information content (AvgIpc) is 2.65. The molecule has 0 spiro atoms. The van der Waals surface area contributed by atoms with Crippen LogP contribution < -0.4 is 10.2 Å². The summed E-state index contributed by atoms with van der Waals surface area (Å²) in [5.74, 6) is -0.639. The maximum absolute atomic E-state index is 13.1. The number of rotatable bonds is 2. The van der Waals surface area contributed by atoms with Crippen molar-refractivity contribution in [2.24, 2.45) is 0 Å². The molecule has 1 atom stereocenters. The summed E-state index contributed by atoms with van der Waals surface area (Å²) in [5.41, 5.74) is 2.36. The monoisotopic (exact) mass is 332 g/mol. The second-order valence-corrected chi connectivity index (χ2v) is 5.82. The largest absolute Gasteiger partial charge is 0.504 e. The smallest absolute Gasteiger partial charge is 0.262 e. The lowest BCUT2D eigenvalue weighted by molar-refractivity contribution is 0.0974. The Morgan fingerprint density at radius 3 is 2.36 bits per heavy atom. The molecule has 0 bridgehead atoms. The average molecular weight is 332 g/mol. The Balaban J connectivity index is 1.91. The summed E-state index contributed by atoms with van der Waals surface area (Å²) in [7, 11) is 0. The number of para-hydroxylation sites is 3. The van der Waals surface area contributed by atoms with Crippen LogP contribution in [-0.2, 0) is 0 Å². The number of nitrogens with zero attached hydrogens (tertiary/aromatic N) is 1. The maximum Gasteiger partial charge on any atom is 0.262 e. The quantitative estimate of drug-likeness (QED) is 0.623. The first-order valence-corrected chi connectivity index (χ1v) is 7.92. The highest BCUT2D eigenvalue weighted by Crippen LogP contribution is 2.41. The fourth-order valence-corrected chi connectivity index (χ4v) is 3.10. The van der Waals surface area contributed by atoms with Gasteiger partial charge in [-0.15, -0.1) is 0 Å². The van der Waals surface area contributed by atoms with Gasteiger partial charge in [0.1, 0.15) is 6.17 Å². The molecule has 3 aromatic carbocycles. The molecule has 3 aromatic rings. The van der Waals surface area contributed by atoms with Crippen molar-refractivity contribution in [3.05, 3.63) is 83.9 Å². The van der Waals surface area contributed by atoms with Crippen LogP contribution in [0.5, 0.6) is 11.5 Å². The van der Waals surface area contributed by atoms with Gasteiger partial charge in [0, 0.05) is 16.9 Å². The third kappa shape index (κ3) is 2.46. The van der Waals surface area contributed by atoms with E-state index in [2.05, 4.69) is 5.32 Å². The molecule has 25 heavy (non-hydrogen) atoms. The first-order valence-electron chi connectivity index (χ1n) is 7.92. The number of hydrogen-bond donors (Lipinski definition) is 3. The molecule has 5 nitrogen and oxygen atoms in total. The van der Waals surface area contributed by atoms with E-state index in [9.17, 15) is 15.0 Å². The topological polar surface area (TPSA) is 72.8 Å². The van der Waals surface area contributed by atoms with Crippen LogP contribution in [0.1, 0.15) is 22.1 Å². The zero-order valence-electron chi connectivity index (χ0n) is 13.3. The molecule has 1 aliphatic heterocycles. The van der Waals surface area contributed by atoms with E-state index in [-0.39, 0.29) is 17.4 Å². The van der Waals surface area contributed by atoms with Crippen LogP contribution in [0.4, 0.5) is 11.4 Å². The summed E-state index contributed by atoms with van der Waals surface area (Å²) in [6.07, 6.45) is -0.642. The van der Waals surface area contributed by atoms with Crippen LogP contribution in [0, 0.1) is 0 Å². The van der Waals surface area contributed by atoms with Crippen molar-refractivity contribution in [1.29, 1.82) is 0 Å². The van der Waals surface area contributed by atoms with Gasteiger partial charge in [-0.25, -0.2) is 0 Å². The van der Waals surface area contributed by atoms with Crippen molar-refractivity contribution in [2.45, 2.75) is 6.17 Å². The zero-order valence-corrected chi connectivity index (χ0v) is 13.3. The number of carbonyl (C=O) groups excluding carboxylic acids is 1. The van der Waals surface area contributed by atoms with Crippen molar-refractivity contribution >= 4 is 17.3 Å². The van der Waals surface area contributed by atoms with Crippen molar-refractivity contribution in [1.82, 2.24) is 0 Å². The number of amides is 1. The Kier molecular flexibility index (Phi) is 3.54. The molecule has 0 saturated heterocycles. The molecule has 0 unspecified atom stereocenters. The zero-order chi connectivity index (χ0) is 17.4. The van der Waals surface area contributed by atoms with Crippen LogP contribution in [-0.4, -0.2) is 16.1 Å². The highest BCUT2D eigenvalue weighted by atomic mass is 16.3. The van der Waals surface area contributed by atoms with Gasteiger partial charge in [0.25, 0.3) is 5.91 Å². The first-order chi connectivity index (χ1) is 12.2. The summed E-state index contributed by atoms with van der Waals surface area (Å²) in [4.78, 5) is 14.7. The number of fused-ring (bicyclic) bond motifs is 1. The first kappa shape index (κ1) is 15.1. The van der Waals surface area contributed by atoms with E-state index in [4.69, 9.17) is 0 Å². The van der Waals surface area contributed by atoms with E-state index in [1.54, 1.807) is 23.1 Å². The summed E-state index contributed by atoms with van der Waals surface area (Å²) >= 11 is 0. The van der Waals surface area contributed by atoms with Gasteiger partial charge in [-0.1, -0.05) is 42.5 Å². The van der Waals surface area contributed by atoms with Gasteiger partial charge in [0.05, 0.1) is 5.56 Å². The number of phenolic OH excluding ortho intramolecular Hbond substituents is 2. The summed E-state index contributed by atoms with van der Waals surface area (Å²) in [5, 5.41) is 23.5. The van der Waals surface area contributed by atoms with Gasteiger partial charge in [-0.3, -0.25) is 9.69 Å². The van der Waals surface area contributed by atoms with Gasteiger partial charge >= 0.3 is 0 Å². The van der Waals surface area contributed by atoms with Crippen LogP contribution in [0.2, 0.25) is 0 Å². The lowest BCUT2D eigenvalue weighted by Crippen LogP contribution is -2.43. The summed E-state index contributed by atoms with van der Waals surface area (Å²) in [6, 6.07) is 21.2. The van der Waals surface area contributed by atoms with E-state index >= 15 is 0 Å². The molecule has 1 aliphatic rings. The van der Waals surface area contributed by atoms with Gasteiger partial charge in [-0.2, -0.15) is 0 Å². The van der Waals surface area contributed by atoms with Crippen LogP contribution in [0.15, 0.2) is 72.8 Å². The van der Waals surface area contributed by atoms with Crippen LogP contribution in [0.3, 0.4) is 0 Å². The third-order valence-corrected chi connectivity index (χ3v) is 4.30. The Morgan fingerprint density at radius 1 is 0.840 bits per heavy atom. The van der Waals surface area contributed by atoms with Gasteiger partial charge in [-0.05, 0) is 30.3 Å². The van der Waals surface area contributed by atoms with Crippen molar-refractivity contribution in [2.75, 3.05) is 10.2 Å². The molecular weight excluding hydrogens is 316 g/mol. The maximum atomic E-state index is 13.1. The molecule has 1 amide bonds. The number of nitrogens with one attached hydrogen (secondary N) is 1. The van der Waals surface area contributed by atoms with Crippen molar-refractivity contribution in [3.63, 3.8) is 0 Å². The van der Waals surface area contributed by atoms with E-state index < -0.39 is 6.17 Å². The Morgan fingerprint density at radius 2 is 1.56 bits per heavy atom. The summed E-state index contributed by atoms with van der Waals surface area (Å²) in [6.45, 7) is 0. The molecule has 4 rings (SSSR count). The van der Waals surface area contributed by atoms with E-state index in [1.807, 2.05) is 48.5 Å². The number of benzene rings is 3. The second-order valence-electron chi connectivity index (χ2n) is 5.82. The van der Waals surface area contributed by atoms with Crippen molar-refractivity contribution < 1.29 is 15.0 Å². The minimum atomic E-state index is -0.642. The minimum absolute atomic E-state index is 0.173. The molecular formula is C20H16N2O3. The third-order valence-electron chi connectivity index (χ3n) is 4.30. The van der Waals surface area contributed by atoms with E-state index in [1.165, 1.54) is 6.07 Å². The summed E-state index contributed by atoms with van der Waals surface area (Å²) < 4.78 is 0. The SMILES string of the molecule is O=C1c2ccccc2N[C@H](c2cccc(O)c2O)N1c1ccccc1. The van der Waals surface area contributed by atoms with E-state index in [0.717, 1.165) is 0 Å². The molecule has 1 heterocycles. The lowest BCUT2D eigenvalue weighted by Gasteiger charge is -2.38. The lowest BCUT2D eigenvalue weighted by atomic mass is 10.0. The number of anilines is 2. The number of aromatic hydroxyl groups is 2. The molecule has 0 fully saturated rings. The van der Waals surface area contributed by atoms with Crippen molar-refractivity contribution in [3.8, 4) is 11.5 Å². The molecule has 0 radical (unpaired) electrons. The molecule has 3 N–H and O–H groups in total. The second kappa shape index (κ2) is 5.87. The van der Waals surface area contributed by atoms with E-state index in [0.29, 0.717) is 22.5 Å². The minimum Gasteiger partial charge on any atom is -0.504 e. The molecule has 0 aliphatic carbocycles. The normalized spacial score (nSPS) is 16.2. The highest BCUT2D eigenvalue weighted by molar-refractivity contribution is 6.12.